The van der Waals surface area contributed by atoms with Crippen molar-refractivity contribution >= 4 is 45.4 Å². The highest BCUT2D eigenvalue weighted by Gasteiger charge is 2.23. The van der Waals surface area contributed by atoms with E-state index in [-0.39, 0.29) is 9.68 Å². The molecule has 0 bridgehead atoms. The number of hydrazine groups is 1. The van der Waals surface area contributed by atoms with Gasteiger partial charge in [-0.1, -0.05) is 47.7 Å². The third-order valence-electron chi connectivity index (χ3n) is 2.97. The molecule has 2 amide bonds. The zero-order valence-electron chi connectivity index (χ0n) is 11.4. The molecule has 0 saturated heterocycles. The second-order valence-corrected chi connectivity index (χ2v) is 6.83. The van der Waals surface area contributed by atoms with Crippen molar-refractivity contribution in [1.29, 1.82) is 0 Å². The van der Waals surface area contributed by atoms with Gasteiger partial charge < -0.3 is 9.73 Å². The summed E-state index contributed by atoms with van der Waals surface area (Å²) < 4.78 is 5.68. The van der Waals surface area contributed by atoms with Gasteiger partial charge in [0, 0.05) is 9.31 Å². The summed E-state index contributed by atoms with van der Waals surface area (Å²) in [6, 6.07) is 8.28. The highest BCUT2D eigenvalue weighted by molar-refractivity contribution is 14.1. The third-order valence-corrected chi connectivity index (χ3v) is 3.48. The normalized spacial score (nSPS) is 13.7. The molecule has 0 aliphatic heterocycles. The molecule has 0 saturated carbocycles. The van der Waals surface area contributed by atoms with Crippen LogP contribution in [0.5, 0.6) is 0 Å². The fourth-order valence-electron chi connectivity index (χ4n) is 1.98. The number of hydrogen-bond donors (Lipinski definition) is 3. The van der Waals surface area contributed by atoms with E-state index in [2.05, 4.69) is 33.3 Å². The van der Waals surface area contributed by atoms with E-state index in [9.17, 15) is 9.59 Å². The summed E-state index contributed by atoms with van der Waals surface area (Å²) in [5.74, 6) is 4.46. The minimum Gasteiger partial charge on any atom is -0.451 e. The Kier molecular flexibility index (Phi) is 5.18. The third kappa shape index (κ3) is 3.94. The average molecular weight is 401 g/mol. The number of amides is 2. The number of fused-ring (bicyclic) bond motifs is 1. The van der Waals surface area contributed by atoms with Crippen molar-refractivity contribution < 1.29 is 14.0 Å². The molecule has 6 nitrogen and oxygen atoms in total. The van der Waals surface area contributed by atoms with Crippen molar-refractivity contribution in [2.45, 2.75) is 23.3 Å². The van der Waals surface area contributed by atoms with E-state index in [1.807, 2.05) is 25.1 Å². The maximum absolute atomic E-state index is 12.2. The van der Waals surface area contributed by atoms with Gasteiger partial charge in [0.1, 0.15) is 11.6 Å². The van der Waals surface area contributed by atoms with Gasteiger partial charge in [-0.3, -0.25) is 15.0 Å². The molecule has 1 aromatic carbocycles. The molecule has 7 heteroatoms. The van der Waals surface area contributed by atoms with Crippen LogP contribution in [0.1, 0.15) is 23.9 Å². The maximum Gasteiger partial charge on any atom is 0.287 e. The van der Waals surface area contributed by atoms with Gasteiger partial charge in [0.25, 0.3) is 11.8 Å². The first-order chi connectivity index (χ1) is 10.0. The topological polar surface area (TPSA) is 97.4 Å². The number of furan rings is 1. The molecular formula is C14H16IN3O3. The summed E-state index contributed by atoms with van der Waals surface area (Å²) in [5, 5.41) is 3.48. The fourth-order valence-corrected chi connectivity index (χ4v) is 2.49. The van der Waals surface area contributed by atoms with Crippen molar-refractivity contribution in [3.05, 3.63) is 36.1 Å². The molecule has 1 aromatic heterocycles. The minimum atomic E-state index is -0.692. The van der Waals surface area contributed by atoms with Crippen molar-refractivity contribution in [2.24, 2.45) is 5.84 Å². The summed E-state index contributed by atoms with van der Waals surface area (Å²) in [4.78, 5) is 23.9. The van der Waals surface area contributed by atoms with Gasteiger partial charge in [0.15, 0.2) is 5.76 Å². The van der Waals surface area contributed by atoms with Gasteiger partial charge in [-0.15, -0.1) is 0 Å². The lowest BCUT2D eigenvalue weighted by Gasteiger charge is -2.17. The number of nitrogens with one attached hydrogen (secondary N) is 2. The quantitative estimate of drug-likeness (QED) is 0.234. The van der Waals surface area contributed by atoms with Crippen LogP contribution in [0.4, 0.5) is 0 Å². The Morgan fingerprint density at radius 2 is 2.10 bits per heavy atom. The number of benzene rings is 1. The predicted molar refractivity (Wildman–Crippen MR) is 87.9 cm³/mol. The maximum atomic E-state index is 12.2. The Morgan fingerprint density at radius 1 is 1.38 bits per heavy atom. The van der Waals surface area contributed by atoms with Gasteiger partial charge in [0.05, 0.1) is 0 Å². The van der Waals surface area contributed by atoms with Crippen LogP contribution >= 0.6 is 22.6 Å². The van der Waals surface area contributed by atoms with Crippen LogP contribution in [0, 0.1) is 0 Å². The first-order valence-electron chi connectivity index (χ1n) is 6.45. The van der Waals surface area contributed by atoms with Crippen molar-refractivity contribution in [3.63, 3.8) is 0 Å². The van der Waals surface area contributed by atoms with Gasteiger partial charge in [-0.05, 0) is 18.6 Å². The summed E-state index contributed by atoms with van der Waals surface area (Å²) in [5.41, 5.74) is 2.70. The van der Waals surface area contributed by atoms with E-state index in [1.54, 1.807) is 12.1 Å². The van der Waals surface area contributed by atoms with Crippen LogP contribution < -0.4 is 16.6 Å². The number of para-hydroxylation sites is 1. The van der Waals surface area contributed by atoms with Crippen LogP contribution in [0.3, 0.4) is 0 Å². The first-order valence-corrected chi connectivity index (χ1v) is 7.69. The Labute approximate surface area is 135 Å². The van der Waals surface area contributed by atoms with Gasteiger partial charge in [-0.25, -0.2) is 5.84 Å². The molecule has 0 aliphatic carbocycles. The summed E-state index contributed by atoms with van der Waals surface area (Å²) in [7, 11) is 0. The minimum absolute atomic E-state index is 0.173. The van der Waals surface area contributed by atoms with E-state index in [0.717, 1.165) is 5.39 Å². The number of hydrogen-bond acceptors (Lipinski definition) is 4. The number of rotatable bonds is 5. The molecule has 1 unspecified atom stereocenters. The number of halogens is 1. The largest absolute Gasteiger partial charge is 0.451 e. The molecule has 0 spiro atoms. The lowest BCUT2D eigenvalue weighted by molar-refractivity contribution is -0.123. The smallest absolute Gasteiger partial charge is 0.287 e. The molecule has 0 fully saturated rings. The molecule has 0 radical (unpaired) electrons. The van der Waals surface area contributed by atoms with Crippen molar-refractivity contribution in [1.82, 2.24) is 10.7 Å². The number of nitrogens with two attached hydrogens (primary N) is 1. The van der Waals surface area contributed by atoms with Crippen LogP contribution in [-0.4, -0.2) is 21.8 Å². The number of carbonyl (C=O) groups is 2. The molecule has 2 rings (SSSR count). The molecule has 1 heterocycles. The summed E-state index contributed by atoms with van der Waals surface area (Å²) >= 11 is 2.18. The van der Waals surface area contributed by atoms with E-state index in [4.69, 9.17) is 10.3 Å². The number of alkyl halides is 1. The average Bonchev–Trinajstić information content (AvgIpc) is 2.89. The molecule has 2 atom stereocenters. The zero-order chi connectivity index (χ0) is 15.4. The Balaban J connectivity index is 2.15. The van der Waals surface area contributed by atoms with E-state index in [1.165, 1.54) is 0 Å². The van der Waals surface area contributed by atoms with Crippen LogP contribution in [0.25, 0.3) is 11.0 Å². The summed E-state index contributed by atoms with van der Waals surface area (Å²) in [6.07, 6.45) is 0.482. The van der Waals surface area contributed by atoms with E-state index < -0.39 is 17.9 Å². The Bertz CT molecular complexity index is 621. The van der Waals surface area contributed by atoms with Gasteiger partial charge in [-0.2, -0.15) is 0 Å². The Hall–Kier alpha value is -1.61. The second kappa shape index (κ2) is 6.90. The highest BCUT2D eigenvalue weighted by atomic mass is 127. The van der Waals surface area contributed by atoms with Gasteiger partial charge in [0.2, 0.25) is 0 Å². The first kappa shape index (κ1) is 15.8. The highest BCUT2D eigenvalue weighted by Crippen LogP contribution is 2.19. The van der Waals surface area contributed by atoms with Crippen LogP contribution in [-0.2, 0) is 4.79 Å². The van der Waals surface area contributed by atoms with Crippen molar-refractivity contribution in [3.8, 4) is 0 Å². The monoisotopic (exact) mass is 401 g/mol. The predicted octanol–water partition coefficient (Wildman–Crippen LogP) is 1.73. The van der Waals surface area contributed by atoms with E-state index in [0.29, 0.717) is 12.0 Å². The zero-order valence-corrected chi connectivity index (χ0v) is 13.6. The second-order valence-electron chi connectivity index (χ2n) is 4.70. The van der Waals surface area contributed by atoms with Crippen molar-refractivity contribution in [2.75, 3.05) is 0 Å². The van der Waals surface area contributed by atoms with Gasteiger partial charge >= 0.3 is 0 Å². The Morgan fingerprint density at radius 3 is 2.71 bits per heavy atom. The standard InChI is InChI=1S/C14H16IN3O3/c1-8(15)6-10(13(19)18-16)17-14(20)12-7-9-4-2-3-5-11(9)21-12/h2-5,7-8,10H,6,16H2,1H3,(H,17,20)(H,18,19)/t8?,10-/m0/s1. The SMILES string of the molecule is CC(I)C[C@H](NC(=O)c1cc2ccccc2o1)C(=O)NN. The lowest BCUT2D eigenvalue weighted by atomic mass is 10.1. The van der Waals surface area contributed by atoms with Crippen LogP contribution in [0.2, 0.25) is 0 Å². The molecular weight excluding hydrogens is 385 g/mol. The fraction of sp³-hybridized carbons (Fsp3) is 0.286. The van der Waals surface area contributed by atoms with E-state index >= 15 is 0 Å². The lowest BCUT2D eigenvalue weighted by Crippen LogP contribution is -2.49. The molecule has 0 aliphatic rings. The van der Waals surface area contributed by atoms with Crippen LogP contribution in [0.15, 0.2) is 34.7 Å². The molecule has 21 heavy (non-hydrogen) atoms. The summed E-state index contributed by atoms with van der Waals surface area (Å²) in [6.45, 7) is 1.95. The molecule has 4 N–H and O–H groups in total. The molecule has 112 valence electrons. The molecule has 2 aromatic rings. The number of carbonyl (C=O) groups excluding carboxylic acids is 2.